The summed E-state index contributed by atoms with van der Waals surface area (Å²) >= 11 is 0. The Kier molecular flexibility index (Phi) is 10.4. The molecular weight excluding hydrogens is 493 g/mol. The highest BCUT2D eigenvalue weighted by molar-refractivity contribution is 14.0. The Bertz CT molecular complexity index is 768. The highest BCUT2D eigenvalue weighted by Crippen LogP contribution is 2.23. The zero-order valence-corrected chi connectivity index (χ0v) is 20.5. The number of pyridine rings is 1. The average molecular weight is 527 g/mol. The molecule has 2 aromatic rings. The number of aromatic nitrogens is 2. The summed E-state index contributed by atoms with van der Waals surface area (Å²) in [7, 11) is 1.75. The minimum atomic E-state index is 0. The van der Waals surface area contributed by atoms with Crippen molar-refractivity contribution in [2.75, 3.05) is 7.05 Å². The summed E-state index contributed by atoms with van der Waals surface area (Å²) in [5.41, 5.74) is 2.10. The van der Waals surface area contributed by atoms with Crippen LogP contribution in [0.15, 0.2) is 33.9 Å². The normalized spacial score (nSPS) is 14.6. The van der Waals surface area contributed by atoms with Crippen molar-refractivity contribution in [3.63, 3.8) is 0 Å². The van der Waals surface area contributed by atoms with E-state index in [4.69, 9.17) is 9.26 Å². The van der Waals surface area contributed by atoms with Crippen molar-refractivity contribution in [3.8, 4) is 5.88 Å². The molecule has 8 heteroatoms. The standard InChI is InChI=1S/C22H33N5O2.HI/c1-4-17(5-2)20-12-19(29-27-20)15-26-22(23-3)25-14-16-10-11-21(24-13-16)28-18-8-6-7-9-18;/h10-13,17-18H,4-9,14-15H2,1-3H3,(H2,23,25,26);1H. The van der Waals surface area contributed by atoms with Crippen molar-refractivity contribution in [1.82, 2.24) is 20.8 Å². The van der Waals surface area contributed by atoms with E-state index in [1.54, 1.807) is 7.05 Å². The number of rotatable bonds is 9. The Labute approximate surface area is 196 Å². The van der Waals surface area contributed by atoms with E-state index in [0.29, 0.717) is 37.0 Å². The quantitative estimate of drug-likeness (QED) is 0.278. The smallest absolute Gasteiger partial charge is 0.213 e. The molecule has 0 atom stereocenters. The highest BCUT2D eigenvalue weighted by Gasteiger charge is 2.17. The van der Waals surface area contributed by atoms with Crippen LogP contribution in [0.5, 0.6) is 5.88 Å². The summed E-state index contributed by atoms with van der Waals surface area (Å²) in [5.74, 6) is 2.68. The fourth-order valence-electron chi connectivity index (χ4n) is 3.65. The highest BCUT2D eigenvalue weighted by atomic mass is 127. The molecular formula is C22H34IN5O2. The van der Waals surface area contributed by atoms with Gasteiger partial charge in [-0.1, -0.05) is 25.1 Å². The Morgan fingerprint density at radius 1 is 1.20 bits per heavy atom. The van der Waals surface area contributed by atoms with Crippen LogP contribution in [0.2, 0.25) is 0 Å². The van der Waals surface area contributed by atoms with E-state index in [0.717, 1.165) is 42.7 Å². The third-order valence-corrected chi connectivity index (χ3v) is 5.48. The van der Waals surface area contributed by atoms with Gasteiger partial charge in [0, 0.05) is 37.8 Å². The molecule has 3 rings (SSSR count). The number of halogens is 1. The maximum Gasteiger partial charge on any atom is 0.213 e. The lowest BCUT2D eigenvalue weighted by molar-refractivity contribution is 0.201. The fourth-order valence-corrected chi connectivity index (χ4v) is 3.65. The summed E-state index contributed by atoms with van der Waals surface area (Å²) in [4.78, 5) is 8.69. The van der Waals surface area contributed by atoms with E-state index in [2.05, 4.69) is 39.6 Å². The number of aliphatic imine (C=N–C) groups is 1. The number of nitrogens with one attached hydrogen (secondary N) is 2. The molecule has 1 aliphatic rings. The monoisotopic (exact) mass is 527 g/mol. The second kappa shape index (κ2) is 12.8. The first kappa shape index (κ1) is 24.4. The van der Waals surface area contributed by atoms with Gasteiger partial charge >= 0.3 is 0 Å². The summed E-state index contributed by atoms with van der Waals surface area (Å²) in [6, 6.07) is 6.01. The second-order valence-electron chi connectivity index (χ2n) is 7.54. The predicted molar refractivity (Wildman–Crippen MR) is 129 cm³/mol. The zero-order valence-electron chi connectivity index (χ0n) is 18.2. The largest absolute Gasteiger partial charge is 0.474 e. The lowest BCUT2D eigenvalue weighted by atomic mass is 9.99. The third-order valence-electron chi connectivity index (χ3n) is 5.48. The van der Waals surface area contributed by atoms with Crippen LogP contribution < -0.4 is 15.4 Å². The van der Waals surface area contributed by atoms with Crippen LogP contribution in [-0.4, -0.2) is 29.3 Å². The summed E-state index contributed by atoms with van der Waals surface area (Å²) in [6.07, 6.45) is 9.10. The molecule has 0 spiro atoms. The van der Waals surface area contributed by atoms with Gasteiger partial charge in [-0.2, -0.15) is 0 Å². The Hall–Kier alpha value is -1.84. The Morgan fingerprint density at radius 2 is 1.93 bits per heavy atom. The molecule has 0 aromatic carbocycles. The van der Waals surface area contributed by atoms with Gasteiger partial charge in [-0.25, -0.2) is 4.98 Å². The molecule has 30 heavy (non-hydrogen) atoms. The summed E-state index contributed by atoms with van der Waals surface area (Å²) in [6.45, 7) is 5.52. The summed E-state index contributed by atoms with van der Waals surface area (Å²) < 4.78 is 11.4. The molecule has 2 heterocycles. The van der Waals surface area contributed by atoms with E-state index in [9.17, 15) is 0 Å². The Morgan fingerprint density at radius 3 is 2.57 bits per heavy atom. The van der Waals surface area contributed by atoms with Crippen molar-refractivity contribution >= 4 is 29.9 Å². The number of nitrogens with zero attached hydrogens (tertiary/aromatic N) is 3. The van der Waals surface area contributed by atoms with E-state index in [-0.39, 0.29) is 24.0 Å². The number of hydrogen-bond donors (Lipinski definition) is 2. The average Bonchev–Trinajstić information content (AvgIpc) is 3.43. The van der Waals surface area contributed by atoms with Crippen molar-refractivity contribution in [2.45, 2.75) is 77.5 Å². The molecule has 0 bridgehead atoms. The molecule has 2 aromatic heterocycles. The van der Waals surface area contributed by atoms with Gasteiger partial charge in [0.05, 0.1) is 12.2 Å². The lowest BCUT2D eigenvalue weighted by Gasteiger charge is -2.13. The molecule has 0 amide bonds. The zero-order chi connectivity index (χ0) is 20.5. The van der Waals surface area contributed by atoms with Gasteiger partial charge < -0.3 is 19.9 Å². The topological polar surface area (TPSA) is 84.6 Å². The second-order valence-corrected chi connectivity index (χ2v) is 7.54. The maximum absolute atomic E-state index is 5.92. The number of hydrogen-bond acceptors (Lipinski definition) is 5. The van der Waals surface area contributed by atoms with Crippen LogP contribution in [0.25, 0.3) is 0 Å². The first-order valence-electron chi connectivity index (χ1n) is 10.7. The van der Waals surface area contributed by atoms with Crippen LogP contribution in [0, 0.1) is 0 Å². The van der Waals surface area contributed by atoms with Crippen molar-refractivity contribution < 1.29 is 9.26 Å². The molecule has 166 valence electrons. The van der Waals surface area contributed by atoms with Crippen LogP contribution in [0.4, 0.5) is 0 Å². The van der Waals surface area contributed by atoms with E-state index >= 15 is 0 Å². The maximum atomic E-state index is 5.92. The van der Waals surface area contributed by atoms with Crippen molar-refractivity contribution in [2.24, 2.45) is 4.99 Å². The van der Waals surface area contributed by atoms with Crippen molar-refractivity contribution in [1.29, 1.82) is 0 Å². The molecule has 0 aliphatic heterocycles. The number of guanidine groups is 1. The lowest BCUT2D eigenvalue weighted by Crippen LogP contribution is -2.36. The molecule has 0 unspecified atom stereocenters. The Balaban J connectivity index is 0.00000320. The fraction of sp³-hybridized carbons (Fsp3) is 0.591. The molecule has 0 saturated heterocycles. The van der Waals surface area contributed by atoms with Gasteiger partial charge in [-0.05, 0) is 44.1 Å². The van der Waals surface area contributed by atoms with Gasteiger partial charge in [-0.15, -0.1) is 24.0 Å². The molecule has 0 radical (unpaired) electrons. The van der Waals surface area contributed by atoms with Crippen LogP contribution in [0.1, 0.15) is 75.3 Å². The van der Waals surface area contributed by atoms with E-state index < -0.39 is 0 Å². The van der Waals surface area contributed by atoms with Gasteiger partial charge in [0.2, 0.25) is 5.88 Å². The first-order valence-corrected chi connectivity index (χ1v) is 10.7. The van der Waals surface area contributed by atoms with Crippen LogP contribution in [0.3, 0.4) is 0 Å². The molecule has 1 saturated carbocycles. The van der Waals surface area contributed by atoms with Gasteiger partial charge in [-0.3, -0.25) is 4.99 Å². The number of ether oxygens (including phenoxy) is 1. The third kappa shape index (κ3) is 7.14. The van der Waals surface area contributed by atoms with Gasteiger partial charge in [0.25, 0.3) is 0 Å². The minimum absolute atomic E-state index is 0. The minimum Gasteiger partial charge on any atom is -0.474 e. The molecule has 7 nitrogen and oxygen atoms in total. The molecule has 1 aliphatic carbocycles. The van der Waals surface area contributed by atoms with Crippen LogP contribution in [-0.2, 0) is 13.1 Å². The molecule has 1 fully saturated rings. The van der Waals surface area contributed by atoms with Gasteiger partial charge in [0.1, 0.15) is 6.10 Å². The van der Waals surface area contributed by atoms with Gasteiger partial charge in [0.15, 0.2) is 11.7 Å². The van der Waals surface area contributed by atoms with Crippen molar-refractivity contribution in [3.05, 3.63) is 41.4 Å². The first-order chi connectivity index (χ1) is 14.2. The molecule has 2 N–H and O–H groups in total. The van der Waals surface area contributed by atoms with E-state index in [1.807, 2.05) is 24.4 Å². The predicted octanol–water partition coefficient (Wildman–Crippen LogP) is 4.78. The van der Waals surface area contributed by atoms with E-state index in [1.165, 1.54) is 12.8 Å². The van der Waals surface area contributed by atoms with Crippen LogP contribution >= 0.6 is 24.0 Å². The summed E-state index contributed by atoms with van der Waals surface area (Å²) in [5, 5.41) is 10.8. The SMILES string of the molecule is CCC(CC)c1cc(CNC(=NC)NCc2ccc(OC3CCCC3)nc2)on1.I.